The predicted octanol–water partition coefficient (Wildman–Crippen LogP) is 5.10. The van der Waals surface area contributed by atoms with Gasteiger partial charge in [-0.3, -0.25) is 4.79 Å². The molecule has 0 aliphatic heterocycles. The highest BCUT2D eigenvalue weighted by Gasteiger charge is 2.33. The number of nitrogens with one attached hydrogen (secondary N) is 1. The van der Waals surface area contributed by atoms with Crippen molar-refractivity contribution in [1.82, 2.24) is 5.16 Å². The van der Waals surface area contributed by atoms with Crippen LogP contribution in [0.2, 0.25) is 5.02 Å². The molecule has 1 aromatic carbocycles. The Morgan fingerprint density at radius 3 is 2.85 bits per heavy atom. The normalized spacial score (nSPS) is 14.2. The van der Waals surface area contributed by atoms with E-state index in [1.165, 1.54) is 17.8 Å². The first-order chi connectivity index (χ1) is 12.3. The van der Waals surface area contributed by atoms with Gasteiger partial charge in [0.25, 0.3) is 0 Å². The Kier molecular flexibility index (Phi) is 5.82. The molecule has 140 valence electrons. The molecule has 1 aliphatic rings. The molecule has 0 unspecified atom stereocenters. The summed E-state index contributed by atoms with van der Waals surface area (Å²) in [6, 6.07) is 3.29. The molecule has 1 N–H and O–H groups in total. The zero-order valence-electron chi connectivity index (χ0n) is 13.7. The molecule has 0 bridgehead atoms. The van der Waals surface area contributed by atoms with Gasteiger partial charge in [0.05, 0.1) is 22.0 Å². The summed E-state index contributed by atoms with van der Waals surface area (Å²) in [7, 11) is 0. The topological polar surface area (TPSA) is 55.1 Å². The van der Waals surface area contributed by atoms with E-state index in [9.17, 15) is 18.0 Å². The van der Waals surface area contributed by atoms with E-state index in [1.807, 2.05) is 0 Å². The average molecular weight is 405 g/mol. The zero-order valence-corrected chi connectivity index (χ0v) is 15.2. The van der Waals surface area contributed by atoms with Gasteiger partial charge in [0.2, 0.25) is 5.91 Å². The van der Waals surface area contributed by atoms with Gasteiger partial charge >= 0.3 is 6.18 Å². The molecular formula is C17H16ClF3N2O2S. The largest absolute Gasteiger partial charge is 0.417 e. The molecule has 0 saturated carbocycles. The van der Waals surface area contributed by atoms with Crippen LogP contribution in [0.1, 0.15) is 35.4 Å². The Bertz CT molecular complexity index is 808. The number of aryl methyl sites for hydroxylation is 1. The molecule has 2 aromatic rings. The maximum atomic E-state index is 12.8. The zero-order chi connectivity index (χ0) is 18.7. The van der Waals surface area contributed by atoms with E-state index < -0.39 is 16.8 Å². The minimum Gasteiger partial charge on any atom is -0.361 e. The Morgan fingerprint density at radius 2 is 2.08 bits per heavy atom. The van der Waals surface area contributed by atoms with Crippen LogP contribution >= 0.6 is 23.4 Å². The first-order valence-corrected chi connectivity index (χ1v) is 9.58. The second kappa shape index (κ2) is 7.92. The maximum Gasteiger partial charge on any atom is 0.417 e. The van der Waals surface area contributed by atoms with Gasteiger partial charge in [0.15, 0.2) is 0 Å². The number of nitrogens with zero attached hydrogens (tertiary/aromatic N) is 1. The van der Waals surface area contributed by atoms with Crippen molar-refractivity contribution in [2.45, 2.75) is 37.6 Å². The lowest BCUT2D eigenvalue weighted by molar-refractivity contribution is -0.137. The lowest BCUT2D eigenvalue weighted by Crippen LogP contribution is -2.15. The number of aromatic nitrogens is 1. The van der Waals surface area contributed by atoms with E-state index in [4.69, 9.17) is 16.1 Å². The van der Waals surface area contributed by atoms with E-state index in [0.717, 1.165) is 54.8 Å². The van der Waals surface area contributed by atoms with Crippen LogP contribution in [0.25, 0.3) is 0 Å². The van der Waals surface area contributed by atoms with Crippen molar-refractivity contribution in [2.75, 3.05) is 11.1 Å². The average Bonchev–Trinajstić information content (AvgIpc) is 2.99. The summed E-state index contributed by atoms with van der Waals surface area (Å²) in [5.74, 6) is 1.17. The van der Waals surface area contributed by atoms with Crippen molar-refractivity contribution in [3.05, 3.63) is 45.8 Å². The Balaban J connectivity index is 1.54. The van der Waals surface area contributed by atoms with Gasteiger partial charge in [-0.2, -0.15) is 13.2 Å². The van der Waals surface area contributed by atoms with Crippen molar-refractivity contribution < 1.29 is 22.5 Å². The van der Waals surface area contributed by atoms with Crippen molar-refractivity contribution in [3.63, 3.8) is 0 Å². The number of carbonyl (C=O) groups excluding carboxylic acids is 1. The summed E-state index contributed by atoms with van der Waals surface area (Å²) in [6.07, 6.45) is -0.543. The lowest BCUT2D eigenvalue weighted by Gasteiger charge is -2.12. The summed E-state index contributed by atoms with van der Waals surface area (Å²) in [6.45, 7) is 0. The number of rotatable bonds is 5. The van der Waals surface area contributed by atoms with Crippen LogP contribution in [0.4, 0.5) is 18.9 Å². The van der Waals surface area contributed by atoms with Gasteiger partial charge in [0, 0.05) is 23.4 Å². The van der Waals surface area contributed by atoms with Crippen LogP contribution in [-0.4, -0.2) is 16.8 Å². The number of fused-ring (bicyclic) bond motifs is 1. The molecule has 4 nitrogen and oxygen atoms in total. The summed E-state index contributed by atoms with van der Waals surface area (Å²) < 4.78 is 43.9. The van der Waals surface area contributed by atoms with Gasteiger partial charge in [0.1, 0.15) is 5.76 Å². The van der Waals surface area contributed by atoms with Gasteiger partial charge in [-0.25, -0.2) is 0 Å². The summed E-state index contributed by atoms with van der Waals surface area (Å²) in [5, 5.41) is 6.12. The van der Waals surface area contributed by atoms with E-state index in [2.05, 4.69) is 10.5 Å². The third kappa shape index (κ3) is 4.54. The molecule has 0 spiro atoms. The van der Waals surface area contributed by atoms with Crippen LogP contribution in [-0.2, 0) is 29.6 Å². The molecule has 26 heavy (non-hydrogen) atoms. The van der Waals surface area contributed by atoms with Crippen molar-refractivity contribution in [1.29, 1.82) is 0 Å². The first kappa shape index (κ1) is 19.1. The smallest absolute Gasteiger partial charge is 0.361 e. The van der Waals surface area contributed by atoms with E-state index >= 15 is 0 Å². The number of alkyl halides is 3. The number of halogens is 4. The highest BCUT2D eigenvalue weighted by atomic mass is 35.5. The molecule has 0 atom stereocenters. The molecular weight excluding hydrogens is 389 g/mol. The standard InChI is InChI=1S/C17H16ClF3N2O2S/c18-13-6-5-10(7-12(13)17(19,20)21)22-16(24)9-26-8-14-11-3-1-2-4-15(11)25-23-14/h5-7H,1-4,8-9H2,(H,22,24). The number of amides is 1. The van der Waals surface area contributed by atoms with Crippen LogP contribution in [0.5, 0.6) is 0 Å². The van der Waals surface area contributed by atoms with Gasteiger partial charge < -0.3 is 9.84 Å². The minimum absolute atomic E-state index is 0.0612. The Hall–Kier alpha value is -1.67. The van der Waals surface area contributed by atoms with E-state index in [0.29, 0.717) is 5.75 Å². The summed E-state index contributed by atoms with van der Waals surface area (Å²) in [4.78, 5) is 12.0. The summed E-state index contributed by atoms with van der Waals surface area (Å²) >= 11 is 6.90. The second-order valence-corrected chi connectivity index (χ2v) is 7.36. The Labute approximate surface area is 157 Å². The number of hydrogen-bond donors (Lipinski definition) is 1. The maximum absolute atomic E-state index is 12.8. The molecule has 9 heteroatoms. The first-order valence-electron chi connectivity index (χ1n) is 8.05. The predicted molar refractivity (Wildman–Crippen MR) is 94.4 cm³/mol. The highest BCUT2D eigenvalue weighted by molar-refractivity contribution is 7.99. The quantitative estimate of drug-likeness (QED) is 0.753. The third-order valence-corrected chi connectivity index (χ3v) is 5.33. The minimum atomic E-state index is -4.57. The van der Waals surface area contributed by atoms with Crippen LogP contribution in [0.3, 0.4) is 0 Å². The van der Waals surface area contributed by atoms with E-state index in [1.54, 1.807) is 0 Å². The molecule has 1 aromatic heterocycles. The number of hydrogen-bond acceptors (Lipinski definition) is 4. The van der Waals surface area contributed by atoms with Gasteiger partial charge in [-0.15, -0.1) is 11.8 Å². The van der Waals surface area contributed by atoms with Crippen LogP contribution < -0.4 is 5.32 Å². The fraction of sp³-hybridized carbons (Fsp3) is 0.412. The number of thioether (sulfide) groups is 1. The molecule has 1 amide bonds. The van der Waals surface area contributed by atoms with Crippen LogP contribution in [0.15, 0.2) is 22.7 Å². The lowest BCUT2D eigenvalue weighted by atomic mass is 9.97. The fourth-order valence-electron chi connectivity index (χ4n) is 2.82. The molecule has 3 rings (SSSR count). The molecule has 1 aliphatic carbocycles. The van der Waals surface area contributed by atoms with Gasteiger partial charge in [-0.1, -0.05) is 16.8 Å². The van der Waals surface area contributed by atoms with Crippen LogP contribution in [0, 0.1) is 0 Å². The van der Waals surface area contributed by atoms with Crippen molar-refractivity contribution in [3.8, 4) is 0 Å². The molecule has 0 radical (unpaired) electrons. The fourth-order valence-corrected chi connectivity index (χ4v) is 3.82. The molecule has 1 heterocycles. The number of carbonyl (C=O) groups is 1. The van der Waals surface area contributed by atoms with E-state index in [-0.39, 0.29) is 17.3 Å². The van der Waals surface area contributed by atoms with Crippen molar-refractivity contribution in [2.24, 2.45) is 0 Å². The van der Waals surface area contributed by atoms with Gasteiger partial charge in [-0.05, 0) is 37.5 Å². The number of anilines is 1. The summed E-state index contributed by atoms with van der Waals surface area (Å²) in [5.41, 5.74) is 1.07. The SMILES string of the molecule is O=C(CSCc1noc2c1CCCC2)Nc1ccc(Cl)c(C(F)(F)F)c1. The third-order valence-electron chi connectivity index (χ3n) is 4.06. The molecule has 0 saturated heterocycles. The monoisotopic (exact) mass is 404 g/mol. The second-order valence-electron chi connectivity index (χ2n) is 5.97. The number of benzene rings is 1. The van der Waals surface area contributed by atoms with Crippen molar-refractivity contribution >= 4 is 35.0 Å². The highest BCUT2D eigenvalue weighted by Crippen LogP contribution is 2.36. The Morgan fingerprint density at radius 1 is 1.31 bits per heavy atom. The molecule has 0 fully saturated rings.